The van der Waals surface area contributed by atoms with Gasteiger partial charge in [-0.1, -0.05) is 0 Å². The van der Waals surface area contributed by atoms with Gasteiger partial charge in [-0.25, -0.2) is 0 Å². The predicted octanol–water partition coefficient (Wildman–Crippen LogP) is -1.17. The van der Waals surface area contributed by atoms with Crippen LogP contribution in [0.1, 0.15) is 0 Å². The van der Waals surface area contributed by atoms with Crippen LogP contribution in [-0.2, 0) is 14.9 Å². The molecule has 0 rings (SSSR count). The van der Waals surface area contributed by atoms with Crippen molar-refractivity contribution < 1.29 is 17.7 Å². The minimum absolute atomic E-state index is 0. The van der Waals surface area contributed by atoms with E-state index in [2.05, 4.69) is 4.74 Å². The standard InChI is InChI=1S/C2H6O4S.Na.H/c1-6-2-7(3,4)5;;/h2H2,1H3,(H,3,4,5);;. The molecule has 0 bridgehead atoms. The maximum absolute atomic E-state index is 9.66. The molecule has 0 saturated heterocycles. The topological polar surface area (TPSA) is 63.6 Å². The molecule has 0 spiro atoms. The van der Waals surface area contributed by atoms with Crippen LogP contribution in [0.2, 0.25) is 0 Å². The van der Waals surface area contributed by atoms with Crippen LogP contribution in [0, 0.1) is 0 Å². The molecule has 0 aromatic heterocycles. The summed E-state index contributed by atoms with van der Waals surface area (Å²) in [6, 6.07) is 0. The van der Waals surface area contributed by atoms with Crippen LogP contribution in [0.15, 0.2) is 0 Å². The second-order valence-electron chi connectivity index (χ2n) is 0.988. The molecule has 4 nitrogen and oxygen atoms in total. The summed E-state index contributed by atoms with van der Waals surface area (Å²) >= 11 is 0. The third-order valence-electron chi connectivity index (χ3n) is 0.267. The Kier molecular flexibility index (Phi) is 6.87. The van der Waals surface area contributed by atoms with Crippen molar-refractivity contribution >= 4 is 39.7 Å². The molecule has 0 atom stereocenters. The molecule has 0 aromatic carbocycles. The van der Waals surface area contributed by atoms with Crippen molar-refractivity contribution in [2.45, 2.75) is 0 Å². The Morgan fingerprint density at radius 3 is 2.00 bits per heavy atom. The molecule has 0 aliphatic carbocycles. The molecular weight excluding hydrogens is 143 g/mol. The van der Waals surface area contributed by atoms with Crippen molar-refractivity contribution in [2.24, 2.45) is 0 Å². The zero-order valence-corrected chi connectivity index (χ0v) is 4.60. The summed E-state index contributed by atoms with van der Waals surface area (Å²) in [5, 5.41) is 0. The molecule has 0 aliphatic heterocycles. The van der Waals surface area contributed by atoms with E-state index in [1.807, 2.05) is 0 Å². The van der Waals surface area contributed by atoms with Gasteiger partial charge in [0.05, 0.1) is 0 Å². The summed E-state index contributed by atoms with van der Waals surface area (Å²) in [7, 11) is -2.71. The number of methoxy groups -OCH3 is 1. The van der Waals surface area contributed by atoms with E-state index in [1.165, 1.54) is 7.11 Å². The molecule has 0 unspecified atom stereocenters. The normalized spacial score (nSPS) is 10.2. The van der Waals surface area contributed by atoms with Gasteiger partial charge in [-0.05, 0) is 0 Å². The fourth-order valence-corrected chi connectivity index (χ4v) is 0.447. The zero-order chi connectivity index (χ0) is 5.91. The number of hydrogen-bond acceptors (Lipinski definition) is 3. The number of rotatable bonds is 2. The van der Waals surface area contributed by atoms with Crippen molar-refractivity contribution in [1.82, 2.24) is 0 Å². The molecule has 6 heteroatoms. The molecule has 0 amide bonds. The summed E-state index contributed by atoms with van der Waals surface area (Å²) in [5.41, 5.74) is 0. The average Bonchev–Trinajstić information content (AvgIpc) is 1.30. The molecule has 1 N–H and O–H groups in total. The average molecular weight is 150 g/mol. The predicted molar refractivity (Wildman–Crippen MR) is 30.6 cm³/mol. The van der Waals surface area contributed by atoms with Crippen molar-refractivity contribution in [3.05, 3.63) is 0 Å². The van der Waals surface area contributed by atoms with Crippen LogP contribution in [0.3, 0.4) is 0 Å². The fourth-order valence-electron chi connectivity index (χ4n) is 0.149. The second kappa shape index (κ2) is 4.72. The maximum atomic E-state index is 9.66. The van der Waals surface area contributed by atoms with E-state index in [4.69, 9.17) is 4.55 Å². The summed E-state index contributed by atoms with van der Waals surface area (Å²) in [4.78, 5) is 0. The van der Waals surface area contributed by atoms with Crippen LogP contribution in [0.5, 0.6) is 0 Å². The summed E-state index contributed by atoms with van der Waals surface area (Å²) in [6.07, 6.45) is 0. The Hall–Kier alpha value is 0.870. The molecule has 46 valence electrons. The first-order chi connectivity index (χ1) is 3.06. The second-order valence-corrected chi connectivity index (χ2v) is 2.39. The molecule has 0 heterocycles. The van der Waals surface area contributed by atoms with Gasteiger partial charge >= 0.3 is 29.6 Å². The van der Waals surface area contributed by atoms with E-state index in [-0.39, 0.29) is 29.6 Å². The zero-order valence-electron chi connectivity index (χ0n) is 3.79. The Morgan fingerprint density at radius 2 is 2.00 bits per heavy atom. The van der Waals surface area contributed by atoms with Gasteiger partial charge in [0.25, 0.3) is 10.1 Å². The number of ether oxygens (including phenoxy) is 1. The first-order valence-corrected chi connectivity index (χ1v) is 3.11. The summed E-state index contributed by atoms with van der Waals surface area (Å²) < 4.78 is 31.3. The Balaban J connectivity index is 0. The molecule has 0 aliphatic rings. The minimum atomic E-state index is -3.90. The molecule has 0 fully saturated rings. The van der Waals surface area contributed by atoms with Crippen LogP contribution < -0.4 is 0 Å². The van der Waals surface area contributed by atoms with E-state index < -0.39 is 16.1 Å². The van der Waals surface area contributed by atoms with Crippen molar-refractivity contribution in [2.75, 3.05) is 13.0 Å². The SMILES string of the molecule is COCS(=O)(=O)O.[NaH]. The Morgan fingerprint density at radius 1 is 1.62 bits per heavy atom. The molecule has 0 saturated carbocycles. The quantitative estimate of drug-likeness (QED) is 0.398. The third-order valence-corrected chi connectivity index (χ3v) is 0.800. The van der Waals surface area contributed by atoms with Crippen molar-refractivity contribution in [3.63, 3.8) is 0 Å². The van der Waals surface area contributed by atoms with E-state index in [1.54, 1.807) is 0 Å². The van der Waals surface area contributed by atoms with E-state index in [0.29, 0.717) is 0 Å². The van der Waals surface area contributed by atoms with E-state index >= 15 is 0 Å². The molecule has 8 heavy (non-hydrogen) atoms. The van der Waals surface area contributed by atoms with Crippen LogP contribution >= 0.6 is 0 Å². The van der Waals surface area contributed by atoms with Crippen molar-refractivity contribution in [1.29, 1.82) is 0 Å². The fraction of sp³-hybridized carbons (Fsp3) is 1.00. The van der Waals surface area contributed by atoms with E-state index in [9.17, 15) is 8.42 Å². The van der Waals surface area contributed by atoms with Gasteiger partial charge in [0.15, 0.2) is 5.94 Å². The first-order valence-electron chi connectivity index (χ1n) is 1.50. The Labute approximate surface area is 70.3 Å². The van der Waals surface area contributed by atoms with E-state index in [0.717, 1.165) is 0 Å². The van der Waals surface area contributed by atoms with Gasteiger partial charge in [0.2, 0.25) is 0 Å². The third kappa shape index (κ3) is 9.98. The first kappa shape index (κ1) is 11.6. The van der Waals surface area contributed by atoms with Gasteiger partial charge in [0, 0.05) is 7.11 Å². The van der Waals surface area contributed by atoms with Gasteiger partial charge in [0.1, 0.15) is 0 Å². The monoisotopic (exact) mass is 150 g/mol. The van der Waals surface area contributed by atoms with Gasteiger partial charge in [-0.2, -0.15) is 8.42 Å². The van der Waals surface area contributed by atoms with Crippen LogP contribution in [0.25, 0.3) is 0 Å². The van der Waals surface area contributed by atoms with Gasteiger partial charge in [-0.3, -0.25) is 4.55 Å². The Bertz CT molecular complexity index is 127. The molecule has 0 radical (unpaired) electrons. The number of hydrogen-bond donors (Lipinski definition) is 1. The van der Waals surface area contributed by atoms with Crippen LogP contribution in [0.4, 0.5) is 0 Å². The van der Waals surface area contributed by atoms with Crippen molar-refractivity contribution in [3.8, 4) is 0 Å². The van der Waals surface area contributed by atoms with Gasteiger partial charge < -0.3 is 4.74 Å². The summed E-state index contributed by atoms with van der Waals surface area (Å²) in [6.45, 7) is 0. The summed E-state index contributed by atoms with van der Waals surface area (Å²) in [5.74, 6) is -0.632. The molecule has 0 aromatic rings. The van der Waals surface area contributed by atoms with Gasteiger partial charge in [-0.15, -0.1) is 0 Å². The molecular formula is C2H7NaO4S. The van der Waals surface area contributed by atoms with Crippen LogP contribution in [-0.4, -0.2) is 55.6 Å².